The minimum Gasteiger partial charge on any atom is -0.490 e. The minimum atomic E-state index is -0.357. The Labute approximate surface area is 170 Å². The molecule has 1 fully saturated rings. The smallest absolute Gasteiger partial charge is 0.217 e. The van der Waals surface area contributed by atoms with Crippen molar-refractivity contribution in [2.24, 2.45) is 5.92 Å². The van der Waals surface area contributed by atoms with Crippen LogP contribution in [0.2, 0.25) is 0 Å². The average Bonchev–Trinajstić information content (AvgIpc) is 3.41. The van der Waals surface area contributed by atoms with Gasteiger partial charge in [-0.05, 0) is 56.2 Å². The third kappa shape index (κ3) is 5.15. The molecular formula is C22H28FN3O3. The molecule has 0 bridgehead atoms. The Morgan fingerprint density at radius 2 is 2.21 bits per heavy atom. The van der Waals surface area contributed by atoms with Gasteiger partial charge in [0, 0.05) is 31.6 Å². The van der Waals surface area contributed by atoms with Gasteiger partial charge in [-0.2, -0.15) is 5.10 Å². The lowest BCUT2D eigenvalue weighted by Gasteiger charge is -2.23. The van der Waals surface area contributed by atoms with Gasteiger partial charge in [0.05, 0.1) is 30.7 Å². The van der Waals surface area contributed by atoms with Crippen molar-refractivity contribution in [3.05, 3.63) is 41.5 Å². The van der Waals surface area contributed by atoms with Gasteiger partial charge in [0.2, 0.25) is 5.91 Å². The van der Waals surface area contributed by atoms with Gasteiger partial charge in [-0.15, -0.1) is 0 Å². The number of hydrogen-bond acceptors (Lipinski definition) is 4. The van der Waals surface area contributed by atoms with Gasteiger partial charge in [0.25, 0.3) is 0 Å². The van der Waals surface area contributed by atoms with E-state index in [0.717, 1.165) is 25.0 Å². The van der Waals surface area contributed by atoms with Gasteiger partial charge in [-0.3, -0.25) is 4.79 Å². The number of aryl methyl sites for hydroxylation is 1. The van der Waals surface area contributed by atoms with Gasteiger partial charge in [0.15, 0.2) is 11.6 Å². The number of amides is 1. The molecule has 1 saturated carbocycles. The van der Waals surface area contributed by atoms with Gasteiger partial charge in [-0.25, -0.2) is 9.07 Å². The predicted octanol–water partition coefficient (Wildman–Crippen LogP) is 3.20. The molecule has 2 atom stereocenters. The van der Waals surface area contributed by atoms with Crippen LogP contribution in [0.3, 0.4) is 0 Å². The van der Waals surface area contributed by atoms with Crippen LogP contribution in [0.1, 0.15) is 44.4 Å². The van der Waals surface area contributed by atoms with Crippen LogP contribution in [0.4, 0.5) is 4.39 Å². The molecule has 29 heavy (non-hydrogen) atoms. The number of carbonyl (C=O) groups excluding carboxylic acids is 1. The Bertz CT molecular complexity index is 878. The van der Waals surface area contributed by atoms with Crippen molar-refractivity contribution >= 4 is 5.91 Å². The fourth-order valence-electron chi connectivity index (χ4n) is 3.65. The summed E-state index contributed by atoms with van der Waals surface area (Å²) in [4.78, 5) is 11.1. The number of rotatable bonds is 8. The van der Waals surface area contributed by atoms with Crippen LogP contribution < -0.4 is 10.1 Å². The molecular weight excluding hydrogens is 373 g/mol. The summed E-state index contributed by atoms with van der Waals surface area (Å²) in [5.74, 6) is 0.481. The lowest BCUT2D eigenvalue weighted by atomic mass is 9.96. The molecule has 1 unspecified atom stereocenters. The zero-order chi connectivity index (χ0) is 20.4. The molecule has 2 aliphatic carbocycles. The first-order valence-corrected chi connectivity index (χ1v) is 10.4. The second kappa shape index (κ2) is 8.53. The maximum Gasteiger partial charge on any atom is 0.217 e. The van der Waals surface area contributed by atoms with Crippen molar-refractivity contribution in [2.45, 2.75) is 58.1 Å². The summed E-state index contributed by atoms with van der Waals surface area (Å²) in [5, 5.41) is 7.49. The predicted molar refractivity (Wildman–Crippen MR) is 107 cm³/mol. The topological polar surface area (TPSA) is 65.4 Å². The highest BCUT2D eigenvalue weighted by Gasteiger charge is 2.24. The third-order valence-electron chi connectivity index (χ3n) is 5.42. The summed E-state index contributed by atoms with van der Waals surface area (Å²) in [5.41, 5.74) is 2.85. The molecule has 0 aliphatic heterocycles. The van der Waals surface area contributed by atoms with Crippen molar-refractivity contribution in [2.75, 3.05) is 13.2 Å². The zero-order valence-electron chi connectivity index (χ0n) is 17.0. The molecule has 7 heteroatoms. The van der Waals surface area contributed by atoms with Crippen molar-refractivity contribution in [1.82, 2.24) is 15.1 Å². The van der Waals surface area contributed by atoms with E-state index in [0.29, 0.717) is 30.6 Å². The molecule has 6 nitrogen and oxygen atoms in total. The number of fused-ring (bicyclic) bond motifs is 1. The minimum absolute atomic E-state index is 0.0184. The van der Waals surface area contributed by atoms with Crippen LogP contribution in [0.25, 0.3) is 5.69 Å². The summed E-state index contributed by atoms with van der Waals surface area (Å²) < 4.78 is 27.7. The molecule has 0 saturated heterocycles. The van der Waals surface area contributed by atoms with Crippen LogP contribution in [0.15, 0.2) is 24.4 Å². The van der Waals surface area contributed by atoms with Crippen LogP contribution in [0, 0.1) is 11.7 Å². The molecule has 2 aromatic rings. The normalized spacial score (nSPS) is 19.5. The number of hydrogen-bond donors (Lipinski definition) is 1. The first-order chi connectivity index (χ1) is 14.0. The number of ether oxygens (including phenoxy) is 2. The molecule has 156 valence electrons. The quantitative estimate of drug-likeness (QED) is 0.738. The van der Waals surface area contributed by atoms with Gasteiger partial charge >= 0.3 is 0 Å². The highest BCUT2D eigenvalue weighted by Crippen LogP contribution is 2.31. The summed E-state index contributed by atoms with van der Waals surface area (Å²) in [7, 11) is 0. The van der Waals surface area contributed by atoms with E-state index in [1.165, 1.54) is 31.4 Å². The van der Waals surface area contributed by atoms with E-state index < -0.39 is 0 Å². The Hall–Kier alpha value is -2.41. The van der Waals surface area contributed by atoms with Crippen LogP contribution in [-0.4, -0.2) is 41.0 Å². The van der Waals surface area contributed by atoms with E-state index in [2.05, 4.69) is 10.4 Å². The van der Waals surface area contributed by atoms with E-state index in [1.807, 2.05) is 19.2 Å². The second-order valence-corrected chi connectivity index (χ2v) is 8.21. The highest BCUT2D eigenvalue weighted by atomic mass is 19.1. The van der Waals surface area contributed by atoms with E-state index in [9.17, 15) is 9.18 Å². The van der Waals surface area contributed by atoms with E-state index >= 15 is 0 Å². The molecule has 1 aromatic heterocycles. The largest absolute Gasteiger partial charge is 0.490 e. The molecule has 1 heterocycles. The van der Waals surface area contributed by atoms with Crippen molar-refractivity contribution in [1.29, 1.82) is 0 Å². The van der Waals surface area contributed by atoms with E-state index in [1.54, 1.807) is 10.7 Å². The molecule has 2 aliphatic rings. The number of carbonyl (C=O) groups is 1. The summed E-state index contributed by atoms with van der Waals surface area (Å²) >= 11 is 0. The third-order valence-corrected chi connectivity index (χ3v) is 5.42. The molecule has 4 rings (SSSR count). The monoisotopic (exact) mass is 401 g/mol. The van der Waals surface area contributed by atoms with Gasteiger partial charge < -0.3 is 14.8 Å². The molecule has 1 amide bonds. The van der Waals surface area contributed by atoms with Gasteiger partial charge in [0.1, 0.15) is 0 Å². The fourth-order valence-corrected chi connectivity index (χ4v) is 3.65. The number of benzene rings is 1. The van der Waals surface area contributed by atoms with Crippen LogP contribution >= 0.6 is 0 Å². The standard InChI is InChI=1S/C22H28FN3O3/c1-14(24-15(2)27)12-28-19-7-5-17-11-26(25-21(17)10-19)18-6-8-22(20(23)9-18)29-13-16-3-4-16/h6,8-9,11,14,16,19H,3-5,7,10,12-13H2,1-2H3,(H,24,27)/t14-,19?/m0/s1. The van der Waals surface area contributed by atoms with Gasteiger partial charge in [-0.1, -0.05) is 0 Å². The molecule has 0 radical (unpaired) electrons. The Balaban J connectivity index is 1.37. The Morgan fingerprint density at radius 1 is 1.38 bits per heavy atom. The average molecular weight is 401 g/mol. The SMILES string of the molecule is CC(=O)N[C@@H](C)COC1CCc2cn(-c3ccc(OCC4CC4)c(F)c3)nc2C1. The fraction of sp³-hybridized carbons (Fsp3) is 0.545. The van der Waals surface area contributed by atoms with Crippen LogP contribution in [0.5, 0.6) is 5.75 Å². The lowest BCUT2D eigenvalue weighted by Crippen LogP contribution is -2.36. The number of nitrogens with one attached hydrogen (secondary N) is 1. The highest BCUT2D eigenvalue weighted by molar-refractivity contribution is 5.73. The first kappa shape index (κ1) is 19.9. The Morgan fingerprint density at radius 3 is 2.93 bits per heavy atom. The van der Waals surface area contributed by atoms with E-state index in [-0.39, 0.29) is 23.9 Å². The van der Waals surface area contributed by atoms with Crippen molar-refractivity contribution in [3.8, 4) is 11.4 Å². The maximum absolute atomic E-state index is 14.4. The maximum atomic E-state index is 14.4. The Kier molecular flexibility index (Phi) is 5.85. The summed E-state index contributed by atoms with van der Waals surface area (Å²) in [6.45, 7) is 4.50. The first-order valence-electron chi connectivity index (χ1n) is 10.4. The lowest BCUT2D eigenvalue weighted by molar-refractivity contribution is -0.120. The second-order valence-electron chi connectivity index (χ2n) is 8.21. The van der Waals surface area contributed by atoms with Crippen molar-refractivity contribution < 1.29 is 18.7 Å². The van der Waals surface area contributed by atoms with Crippen molar-refractivity contribution in [3.63, 3.8) is 0 Å². The van der Waals surface area contributed by atoms with E-state index in [4.69, 9.17) is 9.47 Å². The van der Waals surface area contributed by atoms with Crippen LogP contribution in [-0.2, 0) is 22.4 Å². The molecule has 1 N–H and O–H groups in total. The summed E-state index contributed by atoms with van der Waals surface area (Å²) in [6.07, 6.45) is 6.92. The molecule has 1 aromatic carbocycles. The number of nitrogens with zero attached hydrogens (tertiary/aromatic N) is 2. The molecule has 0 spiro atoms. The zero-order valence-corrected chi connectivity index (χ0v) is 17.0. The number of aromatic nitrogens is 2. The number of halogens is 1. The summed E-state index contributed by atoms with van der Waals surface area (Å²) in [6, 6.07) is 4.98.